The lowest BCUT2D eigenvalue weighted by molar-refractivity contribution is -0.909. The Bertz CT molecular complexity index is 186. The molecule has 0 aliphatic rings. The molecule has 0 aliphatic carbocycles. The fraction of sp³-hybridized carbons (Fsp3) is 1.00. The van der Waals surface area contributed by atoms with Crippen molar-refractivity contribution in [3.63, 3.8) is 0 Å². The third-order valence-corrected chi connectivity index (χ3v) is 4.00. The Morgan fingerprint density at radius 1 is 0.650 bits per heavy atom. The second-order valence-corrected chi connectivity index (χ2v) is 6.69. The van der Waals surface area contributed by atoms with Gasteiger partial charge >= 0.3 is 0 Å². The first-order valence-corrected chi connectivity index (χ1v) is 8.55. The lowest BCUT2D eigenvalue weighted by Gasteiger charge is -2.26. The van der Waals surface area contributed by atoms with Gasteiger partial charge in [0.25, 0.3) is 0 Å². The standard InChI is InChI=1S/C17H38NO.ClH/c1-4-5-6-7-8-9-10-11-12-13-14-15-16-18(2,3)17-19;/h19H,4-17H2,1-3H3;1H/q+1;/p-1. The molecule has 2 nitrogen and oxygen atoms in total. The van der Waals surface area contributed by atoms with Gasteiger partial charge in [-0.1, -0.05) is 71.1 Å². The number of halogens is 1. The van der Waals surface area contributed by atoms with Crippen LogP contribution in [0.25, 0.3) is 0 Å². The van der Waals surface area contributed by atoms with E-state index in [2.05, 4.69) is 21.0 Å². The highest BCUT2D eigenvalue weighted by molar-refractivity contribution is 4.48. The van der Waals surface area contributed by atoms with E-state index in [9.17, 15) is 0 Å². The molecular weight excluding hydrogens is 270 g/mol. The van der Waals surface area contributed by atoms with Crippen molar-refractivity contribution in [2.45, 2.75) is 84.0 Å². The van der Waals surface area contributed by atoms with Crippen molar-refractivity contribution < 1.29 is 22.0 Å². The van der Waals surface area contributed by atoms with Crippen LogP contribution in [0.1, 0.15) is 84.0 Å². The molecule has 1 N–H and O–H groups in total. The molecule has 0 spiro atoms. The van der Waals surface area contributed by atoms with Crippen LogP contribution in [-0.2, 0) is 0 Å². The second-order valence-electron chi connectivity index (χ2n) is 6.69. The van der Waals surface area contributed by atoms with E-state index in [0.29, 0.717) is 0 Å². The largest absolute Gasteiger partial charge is 1.00 e. The first-order valence-electron chi connectivity index (χ1n) is 8.55. The predicted molar refractivity (Wildman–Crippen MR) is 85.1 cm³/mol. The molecule has 0 atom stereocenters. The van der Waals surface area contributed by atoms with Gasteiger partial charge in [-0.05, 0) is 12.8 Å². The molecule has 0 unspecified atom stereocenters. The molecule has 0 bridgehead atoms. The van der Waals surface area contributed by atoms with E-state index in [4.69, 9.17) is 5.11 Å². The highest BCUT2D eigenvalue weighted by atomic mass is 35.5. The van der Waals surface area contributed by atoms with Crippen LogP contribution in [0.2, 0.25) is 0 Å². The molecule has 124 valence electrons. The van der Waals surface area contributed by atoms with Crippen LogP contribution in [0.5, 0.6) is 0 Å². The Labute approximate surface area is 133 Å². The third-order valence-electron chi connectivity index (χ3n) is 4.00. The number of nitrogens with zero attached hydrogens (tertiary/aromatic N) is 1. The summed E-state index contributed by atoms with van der Waals surface area (Å²) in [6.07, 6.45) is 16.8. The zero-order valence-corrected chi connectivity index (χ0v) is 14.9. The van der Waals surface area contributed by atoms with E-state index in [-0.39, 0.29) is 19.1 Å². The summed E-state index contributed by atoms with van der Waals surface area (Å²) in [5.74, 6) is 0. The minimum Gasteiger partial charge on any atom is -1.00 e. The highest BCUT2D eigenvalue weighted by Crippen LogP contribution is 2.12. The lowest BCUT2D eigenvalue weighted by atomic mass is 10.1. The van der Waals surface area contributed by atoms with E-state index >= 15 is 0 Å². The van der Waals surface area contributed by atoms with Crippen LogP contribution in [0.4, 0.5) is 0 Å². The normalized spacial score (nSPS) is 11.4. The molecule has 0 saturated heterocycles. The van der Waals surface area contributed by atoms with Gasteiger partial charge in [-0.3, -0.25) is 0 Å². The van der Waals surface area contributed by atoms with Crippen LogP contribution < -0.4 is 12.4 Å². The second kappa shape index (κ2) is 15.6. The van der Waals surface area contributed by atoms with Crippen LogP contribution >= 0.6 is 0 Å². The van der Waals surface area contributed by atoms with Crippen molar-refractivity contribution in [2.24, 2.45) is 0 Å². The van der Waals surface area contributed by atoms with Crippen molar-refractivity contribution in [3.05, 3.63) is 0 Å². The summed E-state index contributed by atoms with van der Waals surface area (Å²) in [4.78, 5) is 0. The fourth-order valence-corrected chi connectivity index (χ4v) is 2.45. The van der Waals surface area contributed by atoms with Gasteiger partial charge in [-0.2, -0.15) is 0 Å². The molecule has 3 heteroatoms. The predicted octanol–water partition coefficient (Wildman–Crippen LogP) is 1.72. The van der Waals surface area contributed by atoms with Gasteiger partial charge in [0.15, 0.2) is 6.73 Å². The van der Waals surface area contributed by atoms with E-state index in [1.165, 1.54) is 77.0 Å². The summed E-state index contributed by atoms with van der Waals surface area (Å²) in [5.41, 5.74) is 0. The number of hydrogen-bond acceptors (Lipinski definition) is 1. The molecule has 0 rings (SSSR count). The summed E-state index contributed by atoms with van der Waals surface area (Å²) in [6, 6.07) is 0. The van der Waals surface area contributed by atoms with Crippen LogP contribution in [0, 0.1) is 0 Å². The lowest BCUT2D eigenvalue weighted by Crippen LogP contribution is -3.00. The van der Waals surface area contributed by atoms with Crippen LogP contribution in [0.15, 0.2) is 0 Å². The maximum absolute atomic E-state index is 9.14. The molecule has 20 heavy (non-hydrogen) atoms. The van der Waals surface area contributed by atoms with E-state index in [1.807, 2.05) is 0 Å². The smallest absolute Gasteiger partial charge is 0.179 e. The molecule has 0 aliphatic heterocycles. The van der Waals surface area contributed by atoms with Crippen LogP contribution in [-0.4, -0.2) is 37.0 Å². The SMILES string of the molecule is CCCCCCCCCCCCCC[N+](C)(C)CO.[Cl-]. The summed E-state index contributed by atoms with van der Waals surface area (Å²) < 4.78 is 0.748. The van der Waals surface area contributed by atoms with E-state index < -0.39 is 0 Å². The number of hydrogen-bond donors (Lipinski definition) is 1. The number of quaternary nitrogens is 1. The van der Waals surface area contributed by atoms with Crippen molar-refractivity contribution in [3.8, 4) is 0 Å². The molecule has 0 heterocycles. The van der Waals surface area contributed by atoms with Gasteiger partial charge in [0.2, 0.25) is 0 Å². The average Bonchev–Trinajstić information content (AvgIpc) is 2.40. The Balaban J connectivity index is 0. The Kier molecular flexibility index (Phi) is 17.5. The molecule has 0 aromatic heterocycles. The van der Waals surface area contributed by atoms with Gasteiger partial charge in [0, 0.05) is 0 Å². The zero-order chi connectivity index (χ0) is 14.4. The maximum Gasteiger partial charge on any atom is 0.179 e. The Morgan fingerprint density at radius 2 is 1.00 bits per heavy atom. The summed E-state index contributed by atoms with van der Waals surface area (Å²) in [5, 5.41) is 9.14. The monoisotopic (exact) mass is 307 g/mol. The third kappa shape index (κ3) is 16.3. The average molecular weight is 308 g/mol. The number of rotatable bonds is 14. The summed E-state index contributed by atoms with van der Waals surface area (Å²) in [7, 11) is 4.19. The molecule has 0 aromatic rings. The van der Waals surface area contributed by atoms with Crippen molar-refractivity contribution in [1.29, 1.82) is 0 Å². The van der Waals surface area contributed by atoms with Crippen molar-refractivity contribution in [2.75, 3.05) is 27.4 Å². The van der Waals surface area contributed by atoms with Gasteiger partial charge in [-0.25, -0.2) is 0 Å². The first kappa shape index (κ1) is 22.5. The van der Waals surface area contributed by atoms with E-state index in [1.54, 1.807) is 0 Å². The molecule has 0 saturated carbocycles. The van der Waals surface area contributed by atoms with Crippen molar-refractivity contribution in [1.82, 2.24) is 0 Å². The highest BCUT2D eigenvalue weighted by Gasteiger charge is 2.11. The van der Waals surface area contributed by atoms with Crippen molar-refractivity contribution >= 4 is 0 Å². The molecule has 0 amide bonds. The molecule has 0 aromatic carbocycles. The van der Waals surface area contributed by atoms with Gasteiger partial charge in [0.05, 0.1) is 20.6 Å². The summed E-state index contributed by atoms with van der Waals surface area (Å²) >= 11 is 0. The Morgan fingerprint density at radius 3 is 1.35 bits per heavy atom. The van der Waals surface area contributed by atoms with Gasteiger partial charge < -0.3 is 22.0 Å². The zero-order valence-electron chi connectivity index (χ0n) is 14.2. The minimum absolute atomic E-state index is 0. The number of aliphatic hydroxyl groups is 1. The van der Waals surface area contributed by atoms with Gasteiger partial charge in [-0.15, -0.1) is 0 Å². The minimum atomic E-state index is 0. The number of unbranched alkanes of at least 4 members (excludes halogenated alkanes) is 11. The van der Waals surface area contributed by atoms with E-state index in [0.717, 1.165) is 11.0 Å². The molecule has 0 fully saturated rings. The van der Waals surface area contributed by atoms with Crippen LogP contribution in [0.3, 0.4) is 0 Å². The molecule has 0 radical (unpaired) electrons. The fourth-order valence-electron chi connectivity index (χ4n) is 2.45. The Hall–Kier alpha value is 0.210. The quantitative estimate of drug-likeness (QED) is 0.294. The maximum atomic E-state index is 9.14. The summed E-state index contributed by atoms with van der Waals surface area (Å²) in [6.45, 7) is 3.65. The topological polar surface area (TPSA) is 20.2 Å². The molecular formula is C17H38ClNO. The first-order chi connectivity index (χ1) is 9.12. The number of aliphatic hydroxyl groups excluding tert-OH is 1. The van der Waals surface area contributed by atoms with Gasteiger partial charge in [0.1, 0.15) is 0 Å².